The van der Waals surface area contributed by atoms with Gasteiger partial charge in [0.25, 0.3) is 5.91 Å². The molecule has 0 saturated heterocycles. The Morgan fingerprint density at radius 1 is 1.27 bits per heavy atom. The molecule has 12 heteroatoms. The van der Waals surface area contributed by atoms with Crippen LogP contribution in [0.2, 0.25) is 0 Å². The summed E-state index contributed by atoms with van der Waals surface area (Å²) >= 11 is 0. The molecular weight excluding hydrogens is 396 g/mol. The Morgan fingerprint density at radius 2 is 2.03 bits per heavy atom. The number of aryl methyl sites for hydroxylation is 1. The highest BCUT2D eigenvalue weighted by molar-refractivity contribution is 6.06. The second-order valence-corrected chi connectivity index (χ2v) is 5.94. The minimum Gasteiger partial charge on any atom is -0.464 e. The molecule has 1 N–H and O–H groups in total. The van der Waals surface area contributed by atoms with E-state index in [2.05, 4.69) is 15.5 Å². The number of nitro groups is 1. The first-order chi connectivity index (χ1) is 14.4. The molecule has 0 unspecified atom stereocenters. The molecule has 1 amide bonds. The average Bonchev–Trinajstić information content (AvgIpc) is 3.34. The summed E-state index contributed by atoms with van der Waals surface area (Å²) in [5, 5.41) is 21.7. The van der Waals surface area contributed by atoms with Crippen LogP contribution in [0, 0.1) is 10.1 Å². The van der Waals surface area contributed by atoms with Crippen molar-refractivity contribution in [1.82, 2.24) is 19.6 Å². The SMILES string of the molecule is CCOC(=O)c1cnn(C)c1NC(=O)c1ccn(COc2ccccc2[N+](=O)[O-])n1. The molecule has 0 bridgehead atoms. The highest BCUT2D eigenvalue weighted by atomic mass is 16.6. The summed E-state index contributed by atoms with van der Waals surface area (Å²) < 4.78 is 13.0. The van der Waals surface area contributed by atoms with E-state index in [1.807, 2.05) is 0 Å². The van der Waals surface area contributed by atoms with Crippen LogP contribution in [0.5, 0.6) is 5.75 Å². The summed E-state index contributed by atoms with van der Waals surface area (Å²) in [5.74, 6) is -0.931. The highest BCUT2D eigenvalue weighted by Gasteiger charge is 2.21. The first-order valence-electron chi connectivity index (χ1n) is 8.80. The third-order valence-electron chi connectivity index (χ3n) is 3.95. The van der Waals surface area contributed by atoms with Gasteiger partial charge >= 0.3 is 11.7 Å². The molecule has 1 aromatic carbocycles. The molecule has 2 aromatic heterocycles. The number of esters is 1. The topological polar surface area (TPSA) is 143 Å². The Bertz CT molecular complexity index is 1090. The van der Waals surface area contributed by atoms with Crippen LogP contribution in [0.4, 0.5) is 11.5 Å². The van der Waals surface area contributed by atoms with Crippen LogP contribution in [0.1, 0.15) is 27.8 Å². The Labute approximate surface area is 170 Å². The molecule has 0 atom stereocenters. The van der Waals surface area contributed by atoms with Crippen molar-refractivity contribution in [2.75, 3.05) is 11.9 Å². The van der Waals surface area contributed by atoms with E-state index in [-0.39, 0.29) is 41.8 Å². The number of carbonyl (C=O) groups excluding carboxylic acids is 2. The largest absolute Gasteiger partial charge is 0.464 e. The zero-order valence-corrected chi connectivity index (χ0v) is 16.1. The van der Waals surface area contributed by atoms with Gasteiger partial charge in [-0.3, -0.25) is 19.6 Å². The summed E-state index contributed by atoms with van der Waals surface area (Å²) in [7, 11) is 1.57. The van der Waals surface area contributed by atoms with E-state index in [1.165, 1.54) is 46.0 Å². The molecule has 0 aliphatic heterocycles. The van der Waals surface area contributed by atoms with Crippen molar-refractivity contribution in [3.8, 4) is 5.75 Å². The Hall–Kier alpha value is -4.22. The lowest BCUT2D eigenvalue weighted by Crippen LogP contribution is -2.18. The maximum Gasteiger partial charge on any atom is 0.343 e. The lowest BCUT2D eigenvalue weighted by Gasteiger charge is -2.07. The molecule has 3 aromatic rings. The zero-order valence-electron chi connectivity index (χ0n) is 16.1. The van der Waals surface area contributed by atoms with Crippen LogP contribution < -0.4 is 10.1 Å². The fourth-order valence-electron chi connectivity index (χ4n) is 2.54. The molecule has 30 heavy (non-hydrogen) atoms. The summed E-state index contributed by atoms with van der Waals surface area (Å²) in [6.07, 6.45) is 2.78. The van der Waals surface area contributed by atoms with Crippen LogP contribution in [0.25, 0.3) is 0 Å². The number of carbonyl (C=O) groups is 2. The predicted molar refractivity (Wildman–Crippen MR) is 103 cm³/mol. The monoisotopic (exact) mass is 414 g/mol. The number of hydrogen-bond donors (Lipinski definition) is 1. The zero-order chi connectivity index (χ0) is 21.7. The summed E-state index contributed by atoms with van der Waals surface area (Å²) in [6.45, 7) is 1.72. The second kappa shape index (κ2) is 8.86. The third kappa shape index (κ3) is 4.43. The van der Waals surface area contributed by atoms with E-state index in [4.69, 9.17) is 9.47 Å². The molecule has 0 aliphatic carbocycles. The van der Waals surface area contributed by atoms with E-state index in [0.29, 0.717) is 0 Å². The number of aromatic nitrogens is 4. The van der Waals surface area contributed by atoms with E-state index < -0.39 is 16.8 Å². The molecule has 156 valence electrons. The van der Waals surface area contributed by atoms with Gasteiger partial charge in [-0.05, 0) is 19.1 Å². The smallest absolute Gasteiger partial charge is 0.343 e. The van der Waals surface area contributed by atoms with Crippen LogP contribution in [0.3, 0.4) is 0 Å². The fraction of sp³-hybridized carbons (Fsp3) is 0.222. The van der Waals surface area contributed by atoms with E-state index in [1.54, 1.807) is 20.0 Å². The van der Waals surface area contributed by atoms with Crippen LogP contribution in [0.15, 0.2) is 42.7 Å². The van der Waals surface area contributed by atoms with Gasteiger partial charge in [0, 0.05) is 19.3 Å². The molecule has 0 fully saturated rings. The second-order valence-electron chi connectivity index (χ2n) is 5.94. The summed E-state index contributed by atoms with van der Waals surface area (Å²) in [6, 6.07) is 7.38. The van der Waals surface area contributed by atoms with Gasteiger partial charge in [0.05, 0.1) is 17.7 Å². The number of nitrogens with one attached hydrogen (secondary N) is 1. The highest BCUT2D eigenvalue weighted by Crippen LogP contribution is 2.26. The van der Waals surface area contributed by atoms with Gasteiger partial charge in [-0.2, -0.15) is 10.2 Å². The maximum absolute atomic E-state index is 12.5. The van der Waals surface area contributed by atoms with E-state index in [0.717, 1.165) is 0 Å². The number of anilines is 1. The number of nitrogens with zero attached hydrogens (tertiary/aromatic N) is 5. The third-order valence-corrected chi connectivity index (χ3v) is 3.95. The Balaban J connectivity index is 1.69. The minimum atomic E-state index is -0.607. The van der Waals surface area contributed by atoms with Crippen molar-refractivity contribution >= 4 is 23.4 Å². The van der Waals surface area contributed by atoms with Crippen molar-refractivity contribution in [3.05, 3.63) is 64.1 Å². The van der Waals surface area contributed by atoms with Crippen molar-refractivity contribution in [2.45, 2.75) is 13.7 Å². The molecule has 2 heterocycles. The standard InChI is InChI=1S/C18H18N6O6/c1-3-29-18(26)12-10-19-22(2)16(12)20-17(25)13-8-9-23(21-13)11-30-15-7-5-4-6-14(15)24(27)28/h4-10H,3,11H2,1-2H3,(H,20,25). The Morgan fingerprint density at radius 3 is 2.77 bits per heavy atom. The van der Waals surface area contributed by atoms with Crippen molar-refractivity contribution in [1.29, 1.82) is 0 Å². The molecule has 0 spiro atoms. The number of amides is 1. The number of hydrogen-bond acceptors (Lipinski definition) is 8. The molecular formula is C18H18N6O6. The fourth-order valence-corrected chi connectivity index (χ4v) is 2.54. The van der Waals surface area contributed by atoms with E-state index >= 15 is 0 Å². The lowest BCUT2D eigenvalue weighted by atomic mass is 10.3. The minimum absolute atomic E-state index is 0.0529. The van der Waals surface area contributed by atoms with Gasteiger partial charge in [0.1, 0.15) is 11.4 Å². The first kappa shape index (κ1) is 20.5. The van der Waals surface area contributed by atoms with Gasteiger partial charge in [-0.15, -0.1) is 0 Å². The maximum atomic E-state index is 12.5. The van der Waals surface area contributed by atoms with Crippen molar-refractivity contribution in [2.24, 2.45) is 7.05 Å². The van der Waals surface area contributed by atoms with Gasteiger partial charge in [0.15, 0.2) is 18.2 Å². The van der Waals surface area contributed by atoms with E-state index in [9.17, 15) is 19.7 Å². The Kier molecular flexibility index (Phi) is 6.05. The molecule has 0 aliphatic rings. The lowest BCUT2D eigenvalue weighted by molar-refractivity contribution is -0.386. The van der Waals surface area contributed by atoms with Crippen LogP contribution >= 0.6 is 0 Å². The number of rotatable bonds is 8. The van der Waals surface area contributed by atoms with Crippen LogP contribution in [-0.2, 0) is 18.5 Å². The van der Waals surface area contributed by atoms with Gasteiger partial charge in [0.2, 0.25) is 0 Å². The van der Waals surface area contributed by atoms with Gasteiger partial charge in [-0.25, -0.2) is 9.48 Å². The normalized spacial score (nSPS) is 10.5. The quantitative estimate of drug-likeness (QED) is 0.335. The predicted octanol–water partition coefficient (Wildman–Crippen LogP) is 1.99. The van der Waals surface area contributed by atoms with Crippen molar-refractivity contribution in [3.63, 3.8) is 0 Å². The van der Waals surface area contributed by atoms with Crippen LogP contribution in [-0.4, -0.2) is 43.0 Å². The van der Waals surface area contributed by atoms with Gasteiger partial charge < -0.3 is 14.8 Å². The number of nitro benzene ring substituents is 1. The molecule has 0 radical (unpaired) electrons. The summed E-state index contributed by atoms with van der Waals surface area (Å²) in [4.78, 5) is 35.0. The molecule has 12 nitrogen and oxygen atoms in total. The number of para-hydroxylation sites is 2. The number of benzene rings is 1. The number of ether oxygens (including phenoxy) is 2. The average molecular weight is 414 g/mol. The summed E-state index contributed by atoms with van der Waals surface area (Å²) in [5.41, 5.74) is -0.00523. The molecule has 3 rings (SSSR count). The molecule has 0 saturated carbocycles. The first-order valence-corrected chi connectivity index (χ1v) is 8.80. The van der Waals surface area contributed by atoms with Gasteiger partial charge in [-0.1, -0.05) is 12.1 Å². The van der Waals surface area contributed by atoms with Crippen molar-refractivity contribution < 1.29 is 24.0 Å².